The molecule has 2 rings (SSSR count). The maximum atomic E-state index is 12.2. The number of nitrogens with one attached hydrogen (secondary N) is 1. The van der Waals surface area contributed by atoms with Crippen LogP contribution in [0.5, 0.6) is 0 Å². The molecular weight excluding hydrogens is 250 g/mol. The summed E-state index contributed by atoms with van der Waals surface area (Å²) in [6, 6.07) is 0.172. The predicted octanol–water partition coefficient (Wildman–Crippen LogP) is 3.45. The summed E-state index contributed by atoms with van der Waals surface area (Å²) < 4.78 is 1.73. The van der Waals surface area contributed by atoms with Crippen LogP contribution >= 0.6 is 0 Å². The zero-order valence-electron chi connectivity index (χ0n) is 12.9. The van der Waals surface area contributed by atoms with E-state index >= 15 is 0 Å². The quantitative estimate of drug-likeness (QED) is 0.896. The van der Waals surface area contributed by atoms with E-state index in [1.165, 1.54) is 32.1 Å². The summed E-state index contributed by atoms with van der Waals surface area (Å²) in [5.74, 6) is 2.10. The number of anilines is 1. The Morgan fingerprint density at radius 3 is 2.55 bits per heavy atom. The Morgan fingerprint density at radius 1 is 1.30 bits per heavy atom. The number of nitrogens with zero attached hydrogens (tertiary/aromatic N) is 2. The van der Waals surface area contributed by atoms with Crippen LogP contribution in [0.15, 0.2) is 17.2 Å². The van der Waals surface area contributed by atoms with Gasteiger partial charge in [0.15, 0.2) is 5.82 Å². The summed E-state index contributed by atoms with van der Waals surface area (Å²) in [5.41, 5.74) is -0.00950. The maximum absolute atomic E-state index is 12.2. The molecule has 0 saturated heterocycles. The van der Waals surface area contributed by atoms with E-state index in [-0.39, 0.29) is 11.6 Å². The van der Waals surface area contributed by atoms with Gasteiger partial charge in [0.05, 0.1) is 0 Å². The van der Waals surface area contributed by atoms with Gasteiger partial charge in [0.2, 0.25) is 0 Å². The van der Waals surface area contributed by atoms with Crippen LogP contribution in [0.3, 0.4) is 0 Å². The molecule has 112 valence electrons. The van der Waals surface area contributed by atoms with Gasteiger partial charge in [-0.25, -0.2) is 4.98 Å². The highest BCUT2D eigenvalue weighted by Crippen LogP contribution is 2.30. The van der Waals surface area contributed by atoms with Crippen molar-refractivity contribution in [3.63, 3.8) is 0 Å². The van der Waals surface area contributed by atoms with Gasteiger partial charge in [-0.1, -0.05) is 26.2 Å². The summed E-state index contributed by atoms with van der Waals surface area (Å²) in [7, 11) is 0. The third-order valence-corrected chi connectivity index (χ3v) is 4.53. The van der Waals surface area contributed by atoms with Gasteiger partial charge >= 0.3 is 0 Å². The number of rotatable bonds is 5. The topological polar surface area (TPSA) is 46.9 Å². The Bertz CT molecular complexity index is 473. The van der Waals surface area contributed by atoms with Crippen LogP contribution in [0.2, 0.25) is 0 Å². The third kappa shape index (κ3) is 3.62. The lowest BCUT2D eigenvalue weighted by Crippen LogP contribution is -2.28. The molecule has 1 aromatic heterocycles. The molecule has 20 heavy (non-hydrogen) atoms. The molecule has 0 bridgehead atoms. The van der Waals surface area contributed by atoms with Crippen LogP contribution in [0.4, 0.5) is 5.82 Å². The van der Waals surface area contributed by atoms with Gasteiger partial charge in [-0.2, -0.15) is 0 Å². The van der Waals surface area contributed by atoms with Crippen LogP contribution in [-0.2, 0) is 0 Å². The van der Waals surface area contributed by atoms with E-state index < -0.39 is 0 Å². The molecule has 0 spiro atoms. The lowest BCUT2D eigenvalue weighted by Gasteiger charge is -2.27. The number of aromatic nitrogens is 2. The monoisotopic (exact) mass is 277 g/mol. The number of hydrogen-bond acceptors (Lipinski definition) is 3. The van der Waals surface area contributed by atoms with E-state index in [4.69, 9.17) is 0 Å². The highest BCUT2D eigenvalue weighted by molar-refractivity contribution is 5.30. The standard InChI is InChI=1S/C16H27N3O/c1-4-13-5-7-14(8-6-13)11-18-15-16(20)19(12(2)3)10-9-17-15/h9-10,12-14H,4-8,11H2,1-3H3,(H,17,18). The molecule has 0 atom stereocenters. The summed E-state index contributed by atoms with van der Waals surface area (Å²) in [4.78, 5) is 16.4. The Labute approximate surface area is 121 Å². The molecule has 0 amide bonds. The highest BCUT2D eigenvalue weighted by Gasteiger charge is 2.20. The first-order valence-electron chi connectivity index (χ1n) is 7.92. The fourth-order valence-electron chi connectivity index (χ4n) is 3.04. The van der Waals surface area contributed by atoms with Crippen molar-refractivity contribution in [1.29, 1.82) is 0 Å². The van der Waals surface area contributed by atoms with Crippen molar-refractivity contribution in [2.45, 2.75) is 58.9 Å². The predicted molar refractivity (Wildman–Crippen MR) is 83.1 cm³/mol. The normalized spacial score (nSPS) is 23.0. The molecule has 1 aliphatic carbocycles. The van der Waals surface area contributed by atoms with Gasteiger partial charge in [0.25, 0.3) is 5.56 Å². The summed E-state index contributed by atoms with van der Waals surface area (Å²) in [6.45, 7) is 7.18. The molecule has 1 aromatic rings. The van der Waals surface area contributed by atoms with Crippen LogP contribution in [-0.4, -0.2) is 16.1 Å². The minimum atomic E-state index is -0.00950. The first-order valence-corrected chi connectivity index (χ1v) is 7.92. The maximum Gasteiger partial charge on any atom is 0.293 e. The molecule has 0 aliphatic heterocycles. The minimum absolute atomic E-state index is 0.00950. The Balaban J connectivity index is 1.92. The van der Waals surface area contributed by atoms with Crippen molar-refractivity contribution >= 4 is 5.82 Å². The largest absolute Gasteiger partial charge is 0.365 e. The second kappa shape index (κ2) is 6.91. The van der Waals surface area contributed by atoms with Gasteiger partial charge in [-0.05, 0) is 38.5 Å². The van der Waals surface area contributed by atoms with E-state index in [2.05, 4.69) is 17.2 Å². The van der Waals surface area contributed by atoms with Crippen molar-refractivity contribution in [3.05, 3.63) is 22.7 Å². The molecule has 0 unspecified atom stereocenters. The van der Waals surface area contributed by atoms with Gasteiger partial charge in [0.1, 0.15) is 0 Å². The van der Waals surface area contributed by atoms with E-state index in [9.17, 15) is 4.79 Å². The average molecular weight is 277 g/mol. The molecule has 4 nitrogen and oxygen atoms in total. The smallest absolute Gasteiger partial charge is 0.293 e. The fraction of sp³-hybridized carbons (Fsp3) is 0.750. The minimum Gasteiger partial charge on any atom is -0.365 e. The van der Waals surface area contributed by atoms with Gasteiger partial charge in [0, 0.05) is 25.0 Å². The van der Waals surface area contributed by atoms with Gasteiger partial charge < -0.3 is 9.88 Å². The molecule has 1 saturated carbocycles. The van der Waals surface area contributed by atoms with E-state index in [1.807, 2.05) is 13.8 Å². The van der Waals surface area contributed by atoms with Crippen LogP contribution in [0.1, 0.15) is 58.9 Å². The molecule has 1 heterocycles. The SMILES string of the molecule is CCC1CCC(CNc2nccn(C(C)C)c2=O)CC1. The third-order valence-electron chi connectivity index (χ3n) is 4.53. The highest BCUT2D eigenvalue weighted by atomic mass is 16.1. The Hall–Kier alpha value is -1.32. The zero-order valence-corrected chi connectivity index (χ0v) is 12.9. The molecule has 1 aliphatic rings. The van der Waals surface area contributed by atoms with Crippen LogP contribution in [0, 0.1) is 11.8 Å². The molecule has 1 fully saturated rings. The Kier molecular flexibility index (Phi) is 5.21. The molecule has 1 N–H and O–H groups in total. The van der Waals surface area contributed by atoms with E-state index in [1.54, 1.807) is 17.0 Å². The Morgan fingerprint density at radius 2 is 1.95 bits per heavy atom. The van der Waals surface area contributed by atoms with Crippen molar-refractivity contribution in [1.82, 2.24) is 9.55 Å². The van der Waals surface area contributed by atoms with E-state index in [0.29, 0.717) is 11.7 Å². The van der Waals surface area contributed by atoms with Gasteiger partial charge in [-0.3, -0.25) is 4.79 Å². The molecule has 0 radical (unpaired) electrons. The second-order valence-electron chi connectivity index (χ2n) is 6.26. The zero-order chi connectivity index (χ0) is 14.5. The van der Waals surface area contributed by atoms with Crippen molar-refractivity contribution in [2.24, 2.45) is 11.8 Å². The summed E-state index contributed by atoms with van der Waals surface area (Å²) in [6.07, 6.45) is 9.98. The second-order valence-corrected chi connectivity index (χ2v) is 6.26. The number of hydrogen-bond donors (Lipinski definition) is 1. The first-order chi connectivity index (χ1) is 9.61. The van der Waals surface area contributed by atoms with Crippen LogP contribution in [0.25, 0.3) is 0 Å². The fourth-order valence-corrected chi connectivity index (χ4v) is 3.04. The van der Waals surface area contributed by atoms with Gasteiger partial charge in [-0.15, -0.1) is 0 Å². The van der Waals surface area contributed by atoms with Crippen LogP contribution < -0.4 is 10.9 Å². The summed E-state index contributed by atoms with van der Waals surface area (Å²) in [5, 5.41) is 3.27. The summed E-state index contributed by atoms with van der Waals surface area (Å²) >= 11 is 0. The van der Waals surface area contributed by atoms with Crippen molar-refractivity contribution in [3.8, 4) is 0 Å². The molecular formula is C16H27N3O. The van der Waals surface area contributed by atoms with E-state index in [0.717, 1.165) is 12.5 Å². The lowest BCUT2D eigenvalue weighted by molar-refractivity contribution is 0.278. The lowest BCUT2D eigenvalue weighted by atomic mass is 9.81. The van der Waals surface area contributed by atoms with Crippen molar-refractivity contribution < 1.29 is 0 Å². The first kappa shape index (κ1) is 15.1. The molecule has 0 aromatic carbocycles. The average Bonchev–Trinajstić information content (AvgIpc) is 2.46. The molecule has 4 heteroatoms. The van der Waals surface area contributed by atoms with Crippen molar-refractivity contribution in [2.75, 3.05) is 11.9 Å².